The molecule has 0 saturated carbocycles. The second-order valence-electron chi connectivity index (χ2n) is 7.94. The van der Waals surface area contributed by atoms with Crippen LogP contribution in [0.5, 0.6) is 0 Å². The van der Waals surface area contributed by atoms with Gasteiger partial charge >= 0.3 is 17.8 Å². The number of rotatable bonds is 8. The Morgan fingerprint density at radius 1 is 0.871 bits per heavy atom. The minimum Gasteiger partial charge on any atom is -0.347 e. The molecule has 3 rings (SSSR count). The standard InChI is InChI=1S/C24H27N3O4/c1-4-17-10-12-19(13-11-17)21(16(2)3)25-20(28)15-27-23(30)22(29)26(24(27)31)14-18-8-6-5-7-9-18/h5-13,16,21H,4,14-15H2,1-3H3,(H,25,28)/t21-/m1/s1. The van der Waals surface area contributed by atoms with Crippen molar-refractivity contribution in [2.75, 3.05) is 6.54 Å². The molecule has 0 spiro atoms. The molecule has 7 heteroatoms. The third-order valence-corrected chi connectivity index (χ3v) is 5.35. The summed E-state index contributed by atoms with van der Waals surface area (Å²) in [6, 6.07) is 15.8. The van der Waals surface area contributed by atoms with E-state index in [4.69, 9.17) is 0 Å². The predicted octanol–water partition coefficient (Wildman–Crippen LogP) is 3.05. The normalized spacial score (nSPS) is 15.0. The molecule has 1 saturated heterocycles. The number of hydrogen-bond donors (Lipinski definition) is 1. The highest BCUT2D eigenvalue weighted by Crippen LogP contribution is 2.23. The summed E-state index contributed by atoms with van der Waals surface area (Å²) < 4.78 is 0. The summed E-state index contributed by atoms with van der Waals surface area (Å²) in [6.45, 7) is 5.53. The molecular weight excluding hydrogens is 394 g/mol. The van der Waals surface area contributed by atoms with Gasteiger partial charge in [-0.25, -0.2) is 9.69 Å². The average Bonchev–Trinajstić information content (AvgIpc) is 2.96. The molecule has 2 aromatic rings. The summed E-state index contributed by atoms with van der Waals surface area (Å²) in [5.74, 6) is -2.30. The quantitative estimate of drug-likeness (QED) is 0.524. The second kappa shape index (κ2) is 9.55. The number of aryl methyl sites for hydroxylation is 1. The maximum Gasteiger partial charge on any atom is 0.335 e. The van der Waals surface area contributed by atoms with Gasteiger partial charge in [0.25, 0.3) is 0 Å². The van der Waals surface area contributed by atoms with Crippen LogP contribution in [0, 0.1) is 5.92 Å². The Morgan fingerprint density at radius 3 is 2.06 bits per heavy atom. The van der Waals surface area contributed by atoms with Gasteiger partial charge in [-0.15, -0.1) is 0 Å². The molecule has 162 valence electrons. The van der Waals surface area contributed by atoms with Crippen LogP contribution in [0.15, 0.2) is 54.6 Å². The third kappa shape index (κ3) is 4.99. The molecule has 0 bridgehead atoms. The van der Waals surface area contributed by atoms with Crippen molar-refractivity contribution in [3.05, 3.63) is 71.3 Å². The highest BCUT2D eigenvalue weighted by Gasteiger charge is 2.45. The van der Waals surface area contributed by atoms with E-state index in [9.17, 15) is 19.2 Å². The Hall–Kier alpha value is -3.48. The number of urea groups is 1. The van der Waals surface area contributed by atoms with Gasteiger partial charge in [-0.1, -0.05) is 75.4 Å². The molecule has 7 nitrogen and oxygen atoms in total. The Balaban J connectivity index is 1.68. The van der Waals surface area contributed by atoms with E-state index in [1.54, 1.807) is 24.3 Å². The fourth-order valence-electron chi connectivity index (χ4n) is 3.55. The number of imide groups is 2. The zero-order valence-corrected chi connectivity index (χ0v) is 18.0. The van der Waals surface area contributed by atoms with Crippen LogP contribution in [-0.4, -0.2) is 40.1 Å². The minimum atomic E-state index is -0.982. The lowest BCUT2D eigenvalue weighted by Gasteiger charge is -2.24. The Kier molecular flexibility index (Phi) is 6.84. The van der Waals surface area contributed by atoms with Gasteiger partial charge in [0.15, 0.2) is 0 Å². The maximum absolute atomic E-state index is 12.7. The molecule has 1 N–H and O–H groups in total. The molecule has 5 amide bonds. The van der Waals surface area contributed by atoms with Gasteiger partial charge in [-0.2, -0.15) is 0 Å². The van der Waals surface area contributed by atoms with Crippen LogP contribution < -0.4 is 5.32 Å². The topological polar surface area (TPSA) is 86.8 Å². The van der Waals surface area contributed by atoms with Gasteiger partial charge in [0.2, 0.25) is 5.91 Å². The van der Waals surface area contributed by atoms with Crippen LogP contribution in [0.25, 0.3) is 0 Å². The van der Waals surface area contributed by atoms with Crippen molar-refractivity contribution in [2.45, 2.75) is 39.8 Å². The molecule has 0 aromatic heterocycles. The monoisotopic (exact) mass is 421 g/mol. The zero-order valence-electron chi connectivity index (χ0n) is 18.0. The van der Waals surface area contributed by atoms with E-state index in [0.29, 0.717) is 4.90 Å². The van der Waals surface area contributed by atoms with Gasteiger partial charge in [0.05, 0.1) is 12.6 Å². The first-order valence-corrected chi connectivity index (χ1v) is 10.4. The molecule has 0 aliphatic carbocycles. The summed E-state index contributed by atoms with van der Waals surface area (Å²) in [5, 5.41) is 2.90. The van der Waals surface area contributed by atoms with Gasteiger partial charge < -0.3 is 5.32 Å². The zero-order chi connectivity index (χ0) is 22.5. The molecule has 1 fully saturated rings. The molecule has 0 unspecified atom stereocenters. The van der Waals surface area contributed by atoms with Crippen molar-refractivity contribution in [3.8, 4) is 0 Å². The second-order valence-corrected chi connectivity index (χ2v) is 7.94. The van der Waals surface area contributed by atoms with E-state index >= 15 is 0 Å². The summed E-state index contributed by atoms with van der Waals surface area (Å²) in [7, 11) is 0. The number of amides is 5. The highest BCUT2D eigenvalue weighted by molar-refractivity contribution is 6.44. The van der Waals surface area contributed by atoms with Gasteiger partial charge in [0.1, 0.15) is 6.54 Å². The lowest BCUT2D eigenvalue weighted by atomic mass is 9.95. The van der Waals surface area contributed by atoms with E-state index in [1.165, 1.54) is 5.56 Å². The van der Waals surface area contributed by atoms with Crippen LogP contribution in [0.3, 0.4) is 0 Å². The smallest absolute Gasteiger partial charge is 0.335 e. The highest BCUT2D eigenvalue weighted by atomic mass is 16.2. The van der Waals surface area contributed by atoms with Crippen LogP contribution in [0.1, 0.15) is 43.5 Å². The van der Waals surface area contributed by atoms with Crippen molar-refractivity contribution in [1.29, 1.82) is 0 Å². The van der Waals surface area contributed by atoms with Crippen molar-refractivity contribution in [1.82, 2.24) is 15.1 Å². The number of nitrogens with zero attached hydrogens (tertiary/aromatic N) is 2. The van der Waals surface area contributed by atoms with Crippen molar-refractivity contribution in [3.63, 3.8) is 0 Å². The minimum absolute atomic E-state index is 0.0131. The molecule has 0 radical (unpaired) electrons. The van der Waals surface area contributed by atoms with Gasteiger partial charge in [0, 0.05) is 0 Å². The molecule has 2 aromatic carbocycles. The largest absolute Gasteiger partial charge is 0.347 e. The molecule has 1 atom stereocenters. The Morgan fingerprint density at radius 2 is 1.48 bits per heavy atom. The van der Waals surface area contributed by atoms with Crippen LogP contribution in [-0.2, 0) is 27.3 Å². The Labute approximate surface area is 182 Å². The number of hydrogen-bond acceptors (Lipinski definition) is 4. The van der Waals surface area contributed by atoms with Gasteiger partial charge in [-0.05, 0) is 29.0 Å². The fraction of sp³-hybridized carbons (Fsp3) is 0.333. The van der Waals surface area contributed by atoms with Crippen molar-refractivity contribution in [2.24, 2.45) is 5.92 Å². The predicted molar refractivity (Wildman–Crippen MR) is 116 cm³/mol. The SMILES string of the molecule is CCc1ccc([C@H](NC(=O)CN2C(=O)C(=O)N(Cc3ccccc3)C2=O)C(C)C)cc1. The molecule has 1 heterocycles. The lowest BCUT2D eigenvalue weighted by molar-refractivity contribution is -0.144. The third-order valence-electron chi connectivity index (χ3n) is 5.35. The summed E-state index contributed by atoms with van der Waals surface area (Å²) >= 11 is 0. The summed E-state index contributed by atoms with van der Waals surface area (Å²) in [6.07, 6.45) is 0.922. The molecule has 1 aliphatic heterocycles. The van der Waals surface area contributed by atoms with E-state index < -0.39 is 30.3 Å². The molecule has 1 aliphatic rings. The molecule has 31 heavy (non-hydrogen) atoms. The fourth-order valence-corrected chi connectivity index (χ4v) is 3.55. The van der Waals surface area contributed by atoms with Crippen molar-refractivity contribution < 1.29 is 19.2 Å². The van der Waals surface area contributed by atoms with E-state index in [2.05, 4.69) is 12.2 Å². The maximum atomic E-state index is 12.7. The van der Waals surface area contributed by atoms with Gasteiger partial charge in [-0.3, -0.25) is 19.3 Å². The summed E-state index contributed by atoms with van der Waals surface area (Å²) in [5.41, 5.74) is 2.86. The average molecular weight is 421 g/mol. The molecular formula is C24H27N3O4. The first kappa shape index (κ1) is 22.2. The van der Waals surface area contributed by atoms with Crippen molar-refractivity contribution >= 4 is 23.8 Å². The van der Waals surface area contributed by atoms with E-state index in [0.717, 1.165) is 22.4 Å². The number of carbonyl (C=O) groups excluding carboxylic acids is 4. The summed E-state index contributed by atoms with van der Waals surface area (Å²) in [4.78, 5) is 51.6. The van der Waals surface area contributed by atoms with Crippen LogP contribution >= 0.6 is 0 Å². The van der Waals surface area contributed by atoms with E-state index in [-0.39, 0.29) is 18.5 Å². The number of benzene rings is 2. The van der Waals surface area contributed by atoms with Crippen LogP contribution in [0.4, 0.5) is 4.79 Å². The first-order valence-electron chi connectivity index (χ1n) is 10.4. The van der Waals surface area contributed by atoms with Crippen LogP contribution in [0.2, 0.25) is 0 Å². The number of carbonyl (C=O) groups is 4. The number of nitrogens with one attached hydrogen (secondary N) is 1. The van der Waals surface area contributed by atoms with E-state index in [1.807, 2.05) is 44.2 Å². The first-order chi connectivity index (χ1) is 14.8. The Bertz CT molecular complexity index is 970. The lowest BCUT2D eigenvalue weighted by Crippen LogP contribution is -2.43.